The molecule has 1 amide bonds. The zero-order valence-electron chi connectivity index (χ0n) is 12.8. The summed E-state index contributed by atoms with van der Waals surface area (Å²) < 4.78 is 10.8. The maximum atomic E-state index is 11.6. The van der Waals surface area contributed by atoms with Crippen LogP contribution in [0.15, 0.2) is 48.5 Å². The molecule has 5 heteroatoms. The lowest BCUT2D eigenvalue weighted by Gasteiger charge is -2.19. The van der Waals surface area contributed by atoms with E-state index in [9.17, 15) is 9.90 Å². The van der Waals surface area contributed by atoms with Gasteiger partial charge in [-0.05, 0) is 69.3 Å². The van der Waals surface area contributed by atoms with E-state index in [1.165, 1.54) is 0 Å². The van der Waals surface area contributed by atoms with Crippen molar-refractivity contribution in [3.8, 4) is 17.2 Å². The van der Waals surface area contributed by atoms with Gasteiger partial charge in [0.1, 0.15) is 22.8 Å². The number of aromatic hydroxyl groups is 1. The van der Waals surface area contributed by atoms with Crippen LogP contribution in [0.2, 0.25) is 0 Å². The first-order valence-corrected chi connectivity index (χ1v) is 6.89. The second-order valence-corrected chi connectivity index (χ2v) is 5.75. The van der Waals surface area contributed by atoms with Gasteiger partial charge in [-0.1, -0.05) is 0 Å². The highest BCUT2D eigenvalue weighted by Gasteiger charge is 2.16. The molecule has 0 fully saturated rings. The molecule has 0 aliphatic heterocycles. The molecule has 0 aromatic heterocycles. The number of nitrogens with one attached hydrogen (secondary N) is 1. The maximum Gasteiger partial charge on any atom is 0.412 e. The molecule has 22 heavy (non-hydrogen) atoms. The average Bonchev–Trinajstić information content (AvgIpc) is 2.41. The molecule has 0 bridgehead atoms. The molecule has 2 N–H and O–H groups in total. The van der Waals surface area contributed by atoms with Crippen molar-refractivity contribution in [2.45, 2.75) is 26.4 Å². The smallest absolute Gasteiger partial charge is 0.412 e. The van der Waals surface area contributed by atoms with E-state index in [2.05, 4.69) is 5.32 Å². The van der Waals surface area contributed by atoms with Gasteiger partial charge in [-0.25, -0.2) is 4.79 Å². The van der Waals surface area contributed by atoms with Gasteiger partial charge in [0, 0.05) is 5.69 Å². The van der Waals surface area contributed by atoms with Crippen molar-refractivity contribution in [1.82, 2.24) is 0 Å². The normalized spacial score (nSPS) is 10.9. The minimum atomic E-state index is -0.536. The average molecular weight is 301 g/mol. The molecule has 0 aliphatic rings. The van der Waals surface area contributed by atoms with Crippen LogP contribution in [0.4, 0.5) is 10.5 Å². The van der Waals surface area contributed by atoms with Crippen LogP contribution in [0.25, 0.3) is 0 Å². The van der Waals surface area contributed by atoms with Crippen molar-refractivity contribution in [2.24, 2.45) is 0 Å². The van der Waals surface area contributed by atoms with E-state index in [-0.39, 0.29) is 5.75 Å². The SMILES string of the molecule is CC(C)(C)OC(=O)Nc1ccc(Oc2ccc(O)cc2)cc1. The number of ether oxygens (including phenoxy) is 2. The molecule has 116 valence electrons. The molecule has 0 radical (unpaired) electrons. The first-order chi connectivity index (χ1) is 10.3. The molecule has 0 saturated carbocycles. The van der Waals surface area contributed by atoms with E-state index in [1.54, 1.807) is 69.3 Å². The first-order valence-electron chi connectivity index (χ1n) is 6.89. The predicted octanol–water partition coefficient (Wildman–Crippen LogP) is 4.53. The number of phenolic OH excluding ortho intramolecular Hbond substituents is 1. The Kier molecular flexibility index (Phi) is 4.56. The zero-order chi connectivity index (χ0) is 16.2. The Balaban J connectivity index is 1.95. The van der Waals surface area contributed by atoms with Crippen molar-refractivity contribution in [3.05, 3.63) is 48.5 Å². The van der Waals surface area contributed by atoms with Gasteiger partial charge in [0.15, 0.2) is 0 Å². The number of hydrogen-bond donors (Lipinski definition) is 2. The number of benzene rings is 2. The summed E-state index contributed by atoms with van der Waals surface area (Å²) in [6, 6.07) is 13.4. The molecular formula is C17H19NO4. The molecule has 2 rings (SSSR count). The predicted molar refractivity (Wildman–Crippen MR) is 84.5 cm³/mol. The highest BCUT2D eigenvalue weighted by atomic mass is 16.6. The lowest BCUT2D eigenvalue weighted by atomic mass is 10.2. The van der Waals surface area contributed by atoms with Crippen molar-refractivity contribution in [2.75, 3.05) is 5.32 Å². The molecule has 5 nitrogen and oxygen atoms in total. The Morgan fingerprint density at radius 1 is 0.955 bits per heavy atom. The van der Waals surface area contributed by atoms with Crippen molar-refractivity contribution in [1.29, 1.82) is 0 Å². The fraction of sp³-hybridized carbons (Fsp3) is 0.235. The third-order valence-corrected chi connectivity index (χ3v) is 2.57. The molecule has 0 spiro atoms. The molecule has 0 aliphatic carbocycles. The molecule has 2 aromatic carbocycles. The van der Waals surface area contributed by atoms with Crippen LogP contribution < -0.4 is 10.1 Å². The molecule has 0 unspecified atom stereocenters. The van der Waals surface area contributed by atoms with Gasteiger partial charge in [-0.15, -0.1) is 0 Å². The molecule has 0 saturated heterocycles. The van der Waals surface area contributed by atoms with Gasteiger partial charge in [-0.3, -0.25) is 5.32 Å². The fourth-order valence-electron chi connectivity index (χ4n) is 1.68. The Morgan fingerprint density at radius 3 is 1.95 bits per heavy atom. The van der Waals surface area contributed by atoms with Crippen molar-refractivity contribution in [3.63, 3.8) is 0 Å². The van der Waals surface area contributed by atoms with Crippen LogP contribution in [0.1, 0.15) is 20.8 Å². The molecular weight excluding hydrogens is 282 g/mol. The number of carbonyl (C=O) groups excluding carboxylic acids is 1. The quantitative estimate of drug-likeness (QED) is 0.874. The third kappa shape index (κ3) is 5.01. The summed E-state index contributed by atoms with van der Waals surface area (Å²) in [6.07, 6.45) is -0.500. The summed E-state index contributed by atoms with van der Waals surface area (Å²) in [6.45, 7) is 5.42. The molecule has 0 atom stereocenters. The topological polar surface area (TPSA) is 67.8 Å². The van der Waals surface area contributed by atoms with Crippen LogP contribution in [0.5, 0.6) is 17.2 Å². The first kappa shape index (κ1) is 15.7. The maximum absolute atomic E-state index is 11.6. The standard InChI is InChI=1S/C17H19NO4/c1-17(2,3)22-16(20)18-12-4-8-14(9-5-12)21-15-10-6-13(19)7-11-15/h4-11,19H,1-3H3,(H,18,20). The van der Waals surface area contributed by atoms with Crippen LogP contribution in [0, 0.1) is 0 Å². The van der Waals surface area contributed by atoms with E-state index in [0.717, 1.165) is 0 Å². The van der Waals surface area contributed by atoms with E-state index in [1.807, 2.05) is 0 Å². The molecule has 2 aromatic rings. The largest absolute Gasteiger partial charge is 0.508 e. The third-order valence-electron chi connectivity index (χ3n) is 2.57. The number of rotatable bonds is 3. The summed E-state index contributed by atoms with van der Waals surface area (Å²) in [5, 5.41) is 11.9. The van der Waals surface area contributed by atoms with Gasteiger partial charge in [0.2, 0.25) is 0 Å². The van der Waals surface area contributed by atoms with E-state index in [0.29, 0.717) is 17.2 Å². The number of carbonyl (C=O) groups is 1. The summed E-state index contributed by atoms with van der Waals surface area (Å²) in [7, 11) is 0. The summed E-state index contributed by atoms with van der Waals surface area (Å²) in [5.74, 6) is 1.43. The van der Waals surface area contributed by atoms with Crippen molar-refractivity contribution >= 4 is 11.8 Å². The molecule has 0 heterocycles. The van der Waals surface area contributed by atoms with E-state index >= 15 is 0 Å². The summed E-state index contributed by atoms with van der Waals surface area (Å²) >= 11 is 0. The van der Waals surface area contributed by atoms with Gasteiger partial charge in [-0.2, -0.15) is 0 Å². The minimum Gasteiger partial charge on any atom is -0.508 e. The van der Waals surface area contributed by atoms with E-state index < -0.39 is 11.7 Å². The lowest BCUT2D eigenvalue weighted by molar-refractivity contribution is 0.0636. The van der Waals surface area contributed by atoms with Gasteiger partial charge in [0.25, 0.3) is 0 Å². The highest BCUT2D eigenvalue weighted by molar-refractivity contribution is 5.84. The fourth-order valence-corrected chi connectivity index (χ4v) is 1.68. The highest BCUT2D eigenvalue weighted by Crippen LogP contribution is 2.24. The minimum absolute atomic E-state index is 0.184. The Bertz CT molecular complexity index is 627. The zero-order valence-corrected chi connectivity index (χ0v) is 12.8. The second kappa shape index (κ2) is 6.39. The Morgan fingerprint density at radius 2 is 1.45 bits per heavy atom. The van der Waals surface area contributed by atoms with E-state index in [4.69, 9.17) is 9.47 Å². The van der Waals surface area contributed by atoms with Crippen LogP contribution >= 0.6 is 0 Å². The monoisotopic (exact) mass is 301 g/mol. The lowest BCUT2D eigenvalue weighted by Crippen LogP contribution is -2.27. The summed E-state index contributed by atoms with van der Waals surface area (Å²) in [5.41, 5.74) is 0.0822. The van der Waals surface area contributed by atoms with Crippen LogP contribution in [0.3, 0.4) is 0 Å². The van der Waals surface area contributed by atoms with Gasteiger partial charge >= 0.3 is 6.09 Å². The van der Waals surface area contributed by atoms with Crippen molar-refractivity contribution < 1.29 is 19.4 Å². The van der Waals surface area contributed by atoms with Crippen LogP contribution in [-0.2, 0) is 4.74 Å². The number of hydrogen-bond acceptors (Lipinski definition) is 4. The van der Waals surface area contributed by atoms with Crippen LogP contribution in [-0.4, -0.2) is 16.8 Å². The van der Waals surface area contributed by atoms with Gasteiger partial charge < -0.3 is 14.6 Å². The Hall–Kier alpha value is -2.69. The number of phenols is 1. The number of amides is 1. The van der Waals surface area contributed by atoms with Gasteiger partial charge in [0.05, 0.1) is 0 Å². The summed E-state index contributed by atoms with van der Waals surface area (Å²) in [4.78, 5) is 11.6. The second-order valence-electron chi connectivity index (χ2n) is 5.75. The number of anilines is 1. The Labute approximate surface area is 129 Å².